The Morgan fingerprint density at radius 1 is 1.56 bits per heavy atom. The second-order valence-corrected chi connectivity index (χ2v) is 8.29. The van der Waals surface area contributed by atoms with Crippen molar-refractivity contribution in [1.29, 1.82) is 0 Å². The van der Waals surface area contributed by atoms with Gasteiger partial charge in [-0.1, -0.05) is 20.3 Å². The predicted molar refractivity (Wildman–Crippen MR) is 73.2 cm³/mol. The van der Waals surface area contributed by atoms with E-state index in [1.807, 2.05) is 6.92 Å². The Labute approximate surface area is 118 Å². The normalized spacial score (nSPS) is 15.3. The predicted octanol–water partition coefficient (Wildman–Crippen LogP) is 2.29. The van der Waals surface area contributed by atoms with Crippen molar-refractivity contribution in [2.75, 3.05) is 0 Å². The lowest BCUT2D eigenvalue weighted by atomic mass is 10.0. The first kappa shape index (κ1) is 15.6. The molecule has 2 unspecified atom stereocenters. The van der Waals surface area contributed by atoms with Crippen LogP contribution >= 0.6 is 27.3 Å². The van der Waals surface area contributed by atoms with Gasteiger partial charge in [-0.05, 0) is 34.0 Å². The number of nitrogens with one attached hydrogen (secondary N) is 1. The van der Waals surface area contributed by atoms with Crippen LogP contribution in [-0.2, 0) is 14.8 Å². The van der Waals surface area contributed by atoms with Crippen molar-refractivity contribution in [3.05, 3.63) is 15.9 Å². The molecule has 0 radical (unpaired) electrons. The molecule has 102 valence electrons. The zero-order chi connectivity index (χ0) is 13.9. The lowest BCUT2D eigenvalue weighted by Crippen LogP contribution is -2.44. The van der Waals surface area contributed by atoms with E-state index >= 15 is 0 Å². The fourth-order valence-electron chi connectivity index (χ4n) is 1.31. The second-order valence-electron chi connectivity index (χ2n) is 3.88. The van der Waals surface area contributed by atoms with E-state index in [9.17, 15) is 13.2 Å². The highest BCUT2D eigenvalue weighted by atomic mass is 79.9. The van der Waals surface area contributed by atoms with Crippen molar-refractivity contribution >= 4 is 43.3 Å². The van der Waals surface area contributed by atoms with Crippen LogP contribution in [0, 0.1) is 5.92 Å². The van der Waals surface area contributed by atoms with Gasteiger partial charge in [0.15, 0.2) is 0 Å². The Bertz CT molecular complexity index is 526. The summed E-state index contributed by atoms with van der Waals surface area (Å²) in [5, 5.41) is 9.06. The minimum absolute atomic E-state index is 0.101. The Balaban J connectivity index is 2.96. The van der Waals surface area contributed by atoms with E-state index in [0.29, 0.717) is 10.2 Å². The van der Waals surface area contributed by atoms with Gasteiger partial charge < -0.3 is 5.11 Å². The third-order valence-electron chi connectivity index (χ3n) is 2.57. The highest BCUT2D eigenvalue weighted by Crippen LogP contribution is 2.26. The maximum Gasteiger partial charge on any atom is 0.322 e. The van der Waals surface area contributed by atoms with Crippen LogP contribution in [0.2, 0.25) is 0 Å². The Hall–Kier alpha value is -0.440. The van der Waals surface area contributed by atoms with Gasteiger partial charge in [0, 0.05) is 0 Å². The van der Waals surface area contributed by atoms with E-state index in [1.54, 1.807) is 13.0 Å². The molecule has 0 aliphatic carbocycles. The van der Waals surface area contributed by atoms with E-state index in [1.165, 1.54) is 6.07 Å². The SMILES string of the molecule is CCC(C)C(NS(=O)(=O)c1ccc(Br)s1)C(=O)O. The summed E-state index contributed by atoms with van der Waals surface area (Å²) in [6.45, 7) is 3.52. The molecule has 1 aromatic rings. The summed E-state index contributed by atoms with van der Waals surface area (Å²) >= 11 is 4.21. The van der Waals surface area contributed by atoms with Crippen LogP contribution in [0.25, 0.3) is 0 Å². The zero-order valence-electron chi connectivity index (χ0n) is 9.88. The van der Waals surface area contributed by atoms with Gasteiger partial charge in [-0.3, -0.25) is 4.79 Å². The minimum atomic E-state index is -3.78. The molecular formula is C10H14BrNO4S2. The van der Waals surface area contributed by atoms with Crippen molar-refractivity contribution in [3.8, 4) is 0 Å². The molecule has 8 heteroatoms. The van der Waals surface area contributed by atoms with Gasteiger partial charge in [0.2, 0.25) is 0 Å². The number of sulfonamides is 1. The van der Waals surface area contributed by atoms with Gasteiger partial charge in [-0.15, -0.1) is 11.3 Å². The van der Waals surface area contributed by atoms with Crippen LogP contribution in [0.1, 0.15) is 20.3 Å². The molecule has 1 rings (SSSR count). The summed E-state index contributed by atoms with van der Waals surface area (Å²) in [7, 11) is -3.78. The van der Waals surface area contributed by atoms with Crippen LogP contribution in [0.5, 0.6) is 0 Å². The quantitative estimate of drug-likeness (QED) is 0.819. The van der Waals surface area contributed by atoms with E-state index in [0.717, 1.165) is 11.3 Å². The fraction of sp³-hybridized carbons (Fsp3) is 0.500. The molecule has 0 saturated heterocycles. The van der Waals surface area contributed by atoms with Crippen LogP contribution in [0.15, 0.2) is 20.1 Å². The number of hydrogen-bond acceptors (Lipinski definition) is 4. The lowest BCUT2D eigenvalue weighted by molar-refractivity contribution is -0.140. The van der Waals surface area contributed by atoms with Crippen LogP contribution in [0.3, 0.4) is 0 Å². The van der Waals surface area contributed by atoms with Crippen molar-refractivity contribution in [3.63, 3.8) is 0 Å². The molecule has 2 atom stereocenters. The summed E-state index contributed by atoms with van der Waals surface area (Å²) in [5.74, 6) is -1.44. The lowest BCUT2D eigenvalue weighted by Gasteiger charge is -2.19. The van der Waals surface area contributed by atoms with E-state index in [4.69, 9.17) is 5.11 Å². The number of carboxylic acids is 1. The molecule has 0 fully saturated rings. The Morgan fingerprint density at radius 3 is 2.56 bits per heavy atom. The number of thiophene rings is 1. The van der Waals surface area contributed by atoms with Gasteiger partial charge in [-0.2, -0.15) is 4.72 Å². The molecule has 1 heterocycles. The third kappa shape index (κ3) is 3.78. The van der Waals surface area contributed by atoms with Gasteiger partial charge in [0.1, 0.15) is 10.3 Å². The van der Waals surface area contributed by atoms with Crippen LogP contribution in [0.4, 0.5) is 0 Å². The summed E-state index contributed by atoms with van der Waals surface area (Å²) < 4.78 is 27.0. The average Bonchev–Trinajstić information content (AvgIpc) is 2.72. The van der Waals surface area contributed by atoms with Crippen molar-refractivity contribution in [2.45, 2.75) is 30.5 Å². The summed E-state index contributed by atoms with van der Waals surface area (Å²) in [6, 6.07) is 1.94. The zero-order valence-corrected chi connectivity index (χ0v) is 13.1. The molecule has 0 saturated carbocycles. The number of aliphatic carboxylic acids is 1. The molecule has 2 N–H and O–H groups in total. The van der Waals surface area contributed by atoms with E-state index in [-0.39, 0.29) is 10.1 Å². The minimum Gasteiger partial charge on any atom is -0.480 e. The van der Waals surface area contributed by atoms with Gasteiger partial charge in [-0.25, -0.2) is 8.42 Å². The molecule has 0 spiro atoms. The third-order valence-corrected chi connectivity index (χ3v) is 6.13. The van der Waals surface area contributed by atoms with Crippen molar-refractivity contribution in [1.82, 2.24) is 4.72 Å². The molecule has 0 amide bonds. The average molecular weight is 356 g/mol. The number of rotatable bonds is 6. The van der Waals surface area contributed by atoms with Crippen LogP contribution < -0.4 is 4.72 Å². The molecule has 0 aromatic carbocycles. The van der Waals surface area contributed by atoms with E-state index < -0.39 is 22.0 Å². The maximum atomic E-state index is 12.0. The molecule has 1 aromatic heterocycles. The van der Waals surface area contributed by atoms with E-state index in [2.05, 4.69) is 20.7 Å². The number of hydrogen-bond donors (Lipinski definition) is 2. The Kier molecular flexibility index (Phi) is 5.32. The Morgan fingerprint density at radius 2 is 2.17 bits per heavy atom. The largest absolute Gasteiger partial charge is 0.480 e. The fourth-order valence-corrected chi connectivity index (χ4v) is 4.64. The summed E-state index contributed by atoms with van der Waals surface area (Å²) in [6.07, 6.45) is 0.577. The van der Waals surface area contributed by atoms with Gasteiger partial charge >= 0.3 is 5.97 Å². The molecule has 18 heavy (non-hydrogen) atoms. The number of carboxylic acid groups (broad SMARTS) is 1. The number of carbonyl (C=O) groups is 1. The first-order valence-electron chi connectivity index (χ1n) is 5.28. The summed E-state index contributed by atoms with van der Waals surface area (Å²) in [5.41, 5.74) is 0. The smallest absolute Gasteiger partial charge is 0.322 e. The highest BCUT2D eigenvalue weighted by molar-refractivity contribution is 9.11. The highest BCUT2D eigenvalue weighted by Gasteiger charge is 2.29. The van der Waals surface area contributed by atoms with Crippen LogP contribution in [-0.4, -0.2) is 25.5 Å². The first-order chi connectivity index (χ1) is 8.27. The molecular weight excluding hydrogens is 342 g/mol. The molecule has 0 aliphatic rings. The monoisotopic (exact) mass is 355 g/mol. The van der Waals surface area contributed by atoms with Crippen molar-refractivity contribution in [2.24, 2.45) is 5.92 Å². The van der Waals surface area contributed by atoms with Gasteiger partial charge in [0.05, 0.1) is 3.79 Å². The molecule has 0 bridgehead atoms. The van der Waals surface area contributed by atoms with Gasteiger partial charge in [0.25, 0.3) is 10.0 Å². The molecule has 5 nitrogen and oxygen atoms in total. The second kappa shape index (κ2) is 6.14. The maximum absolute atomic E-state index is 12.0. The standard InChI is InChI=1S/C10H14BrNO4S2/c1-3-6(2)9(10(13)14)12-18(15,16)8-5-4-7(11)17-8/h4-6,9,12H,3H2,1-2H3,(H,13,14). The summed E-state index contributed by atoms with van der Waals surface area (Å²) in [4.78, 5) is 11.1. The topological polar surface area (TPSA) is 83.5 Å². The van der Waals surface area contributed by atoms with Crippen molar-refractivity contribution < 1.29 is 18.3 Å². The molecule has 0 aliphatic heterocycles. The number of halogens is 1. The first-order valence-corrected chi connectivity index (χ1v) is 8.37.